The molecule has 0 saturated carbocycles. The van der Waals surface area contributed by atoms with Crippen LogP contribution in [0.2, 0.25) is 0 Å². The third-order valence-corrected chi connectivity index (χ3v) is 3.67. The number of likely N-dealkylation sites (tertiary alicyclic amines) is 1. The van der Waals surface area contributed by atoms with Crippen LogP contribution in [-0.2, 0) is 0 Å². The van der Waals surface area contributed by atoms with Crippen molar-refractivity contribution >= 4 is 11.6 Å². The fourth-order valence-corrected chi connectivity index (χ4v) is 2.58. The standard InChI is InChI=1S/C16H15F2N3O/c17-11-3-4-14(15(18)8-11)16(22)21-7-5-13(10-21)20-12-2-1-6-19-9-12/h1-4,6,8-9,13,20H,5,7,10H2/t13-/m1/s1. The number of carbonyl (C=O) groups excluding carboxylic acids is 1. The number of nitrogens with zero attached hydrogens (tertiary/aromatic N) is 2. The highest BCUT2D eigenvalue weighted by Crippen LogP contribution is 2.19. The number of anilines is 1. The predicted molar refractivity (Wildman–Crippen MR) is 78.5 cm³/mol. The molecule has 1 saturated heterocycles. The molecule has 114 valence electrons. The van der Waals surface area contributed by atoms with Crippen LogP contribution in [0.15, 0.2) is 42.7 Å². The summed E-state index contributed by atoms with van der Waals surface area (Å²) in [6.45, 7) is 1.01. The number of halogens is 2. The predicted octanol–water partition coefficient (Wildman–Crippen LogP) is 2.69. The van der Waals surface area contributed by atoms with Crippen LogP contribution in [0, 0.1) is 11.6 Å². The van der Waals surface area contributed by atoms with Crippen molar-refractivity contribution in [1.82, 2.24) is 9.88 Å². The molecule has 0 aliphatic carbocycles. The summed E-state index contributed by atoms with van der Waals surface area (Å²) in [7, 11) is 0. The normalized spacial score (nSPS) is 17.5. The van der Waals surface area contributed by atoms with Gasteiger partial charge in [0.2, 0.25) is 0 Å². The molecule has 1 aliphatic heterocycles. The summed E-state index contributed by atoms with van der Waals surface area (Å²) in [5.41, 5.74) is 0.790. The third kappa shape index (κ3) is 3.05. The molecule has 2 heterocycles. The van der Waals surface area contributed by atoms with Gasteiger partial charge in [0, 0.05) is 37.6 Å². The number of hydrogen-bond donors (Lipinski definition) is 1. The van der Waals surface area contributed by atoms with E-state index in [1.54, 1.807) is 17.3 Å². The van der Waals surface area contributed by atoms with Crippen LogP contribution in [0.4, 0.5) is 14.5 Å². The van der Waals surface area contributed by atoms with E-state index < -0.39 is 17.5 Å². The molecule has 6 heteroatoms. The Bertz CT molecular complexity index is 678. The first-order chi connectivity index (χ1) is 10.6. The number of nitrogens with one attached hydrogen (secondary N) is 1. The Morgan fingerprint density at radius 1 is 1.32 bits per heavy atom. The molecule has 0 radical (unpaired) electrons. The molecule has 1 aromatic carbocycles. The summed E-state index contributed by atoms with van der Waals surface area (Å²) in [5.74, 6) is -1.92. The van der Waals surface area contributed by atoms with Gasteiger partial charge in [0.25, 0.3) is 5.91 Å². The van der Waals surface area contributed by atoms with Crippen LogP contribution >= 0.6 is 0 Å². The van der Waals surface area contributed by atoms with Gasteiger partial charge >= 0.3 is 0 Å². The second-order valence-electron chi connectivity index (χ2n) is 5.25. The summed E-state index contributed by atoms with van der Waals surface area (Å²) < 4.78 is 26.6. The fourth-order valence-electron chi connectivity index (χ4n) is 2.58. The zero-order chi connectivity index (χ0) is 15.5. The van der Waals surface area contributed by atoms with Crippen molar-refractivity contribution in [2.75, 3.05) is 18.4 Å². The van der Waals surface area contributed by atoms with Crippen LogP contribution in [0.5, 0.6) is 0 Å². The average molecular weight is 303 g/mol. The molecule has 0 spiro atoms. The monoisotopic (exact) mass is 303 g/mol. The maximum Gasteiger partial charge on any atom is 0.256 e. The van der Waals surface area contributed by atoms with Crippen molar-refractivity contribution in [1.29, 1.82) is 0 Å². The minimum Gasteiger partial charge on any atom is -0.379 e. The van der Waals surface area contributed by atoms with Gasteiger partial charge in [0.05, 0.1) is 11.3 Å². The van der Waals surface area contributed by atoms with Gasteiger partial charge in [-0.25, -0.2) is 8.78 Å². The lowest BCUT2D eigenvalue weighted by molar-refractivity contribution is 0.0787. The molecule has 1 fully saturated rings. The van der Waals surface area contributed by atoms with Gasteiger partial charge < -0.3 is 10.2 Å². The van der Waals surface area contributed by atoms with Gasteiger partial charge in [-0.2, -0.15) is 0 Å². The van der Waals surface area contributed by atoms with Crippen molar-refractivity contribution < 1.29 is 13.6 Å². The lowest BCUT2D eigenvalue weighted by Gasteiger charge is -2.18. The van der Waals surface area contributed by atoms with E-state index in [9.17, 15) is 13.6 Å². The van der Waals surface area contributed by atoms with Gasteiger partial charge in [0.1, 0.15) is 11.6 Å². The van der Waals surface area contributed by atoms with E-state index in [0.29, 0.717) is 13.1 Å². The van der Waals surface area contributed by atoms with Gasteiger partial charge in [-0.05, 0) is 30.7 Å². The molecule has 4 nitrogen and oxygen atoms in total. The van der Waals surface area contributed by atoms with Gasteiger partial charge in [0.15, 0.2) is 0 Å². The molecule has 0 bridgehead atoms. The zero-order valence-corrected chi connectivity index (χ0v) is 11.8. The number of aromatic nitrogens is 1. The van der Waals surface area contributed by atoms with Crippen LogP contribution in [0.25, 0.3) is 0 Å². The van der Waals surface area contributed by atoms with E-state index in [2.05, 4.69) is 10.3 Å². The fraction of sp³-hybridized carbons (Fsp3) is 0.250. The van der Waals surface area contributed by atoms with Crippen molar-refractivity contribution in [3.05, 3.63) is 59.9 Å². The Kier molecular flexibility index (Phi) is 4.00. The van der Waals surface area contributed by atoms with Gasteiger partial charge in [-0.15, -0.1) is 0 Å². The maximum absolute atomic E-state index is 13.7. The lowest BCUT2D eigenvalue weighted by Crippen LogP contribution is -2.32. The number of amides is 1. The molecular formula is C16H15F2N3O. The van der Waals surface area contributed by atoms with Gasteiger partial charge in [-0.1, -0.05) is 0 Å². The van der Waals surface area contributed by atoms with Crippen molar-refractivity contribution in [2.24, 2.45) is 0 Å². The molecule has 1 atom stereocenters. The molecule has 3 rings (SSSR count). The van der Waals surface area contributed by atoms with Crippen molar-refractivity contribution in [2.45, 2.75) is 12.5 Å². The maximum atomic E-state index is 13.7. The van der Waals surface area contributed by atoms with Crippen molar-refractivity contribution in [3.8, 4) is 0 Å². The Labute approximate surface area is 126 Å². The minimum atomic E-state index is -0.825. The lowest BCUT2D eigenvalue weighted by atomic mass is 10.2. The molecule has 22 heavy (non-hydrogen) atoms. The quantitative estimate of drug-likeness (QED) is 0.948. The first-order valence-electron chi connectivity index (χ1n) is 7.04. The molecule has 0 unspecified atom stereocenters. The number of rotatable bonds is 3. The summed E-state index contributed by atoms with van der Waals surface area (Å²) in [6.07, 6.45) is 4.17. The number of benzene rings is 1. The largest absolute Gasteiger partial charge is 0.379 e. The third-order valence-electron chi connectivity index (χ3n) is 3.67. The topological polar surface area (TPSA) is 45.2 Å². The first-order valence-corrected chi connectivity index (χ1v) is 7.04. The van der Waals surface area contributed by atoms with Crippen LogP contribution in [0.3, 0.4) is 0 Å². The highest BCUT2D eigenvalue weighted by Gasteiger charge is 2.28. The summed E-state index contributed by atoms with van der Waals surface area (Å²) in [6, 6.07) is 6.84. The van der Waals surface area contributed by atoms with Crippen LogP contribution < -0.4 is 5.32 Å². The number of hydrogen-bond acceptors (Lipinski definition) is 3. The smallest absolute Gasteiger partial charge is 0.256 e. The molecular weight excluding hydrogens is 288 g/mol. The summed E-state index contributed by atoms with van der Waals surface area (Å²) in [4.78, 5) is 17.9. The Morgan fingerprint density at radius 3 is 2.91 bits per heavy atom. The van der Waals surface area contributed by atoms with E-state index in [-0.39, 0.29) is 11.6 Å². The Hall–Kier alpha value is -2.50. The second-order valence-corrected chi connectivity index (χ2v) is 5.25. The van der Waals surface area contributed by atoms with Crippen molar-refractivity contribution in [3.63, 3.8) is 0 Å². The minimum absolute atomic E-state index is 0.0940. The number of carbonyl (C=O) groups is 1. The SMILES string of the molecule is O=C(c1ccc(F)cc1F)N1CC[C@@H](Nc2cccnc2)C1. The van der Waals surface area contributed by atoms with E-state index in [0.717, 1.165) is 24.2 Å². The first kappa shape index (κ1) is 14.4. The molecule has 1 N–H and O–H groups in total. The molecule has 2 aromatic rings. The summed E-state index contributed by atoms with van der Waals surface area (Å²) in [5, 5.41) is 3.29. The number of pyridine rings is 1. The van der Waals surface area contributed by atoms with Crippen LogP contribution in [0.1, 0.15) is 16.8 Å². The molecule has 1 aromatic heterocycles. The molecule has 1 aliphatic rings. The van der Waals surface area contributed by atoms with E-state index in [1.807, 2.05) is 12.1 Å². The Balaban J connectivity index is 1.66. The van der Waals surface area contributed by atoms with E-state index >= 15 is 0 Å². The van der Waals surface area contributed by atoms with E-state index in [4.69, 9.17) is 0 Å². The summed E-state index contributed by atoms with van der Waals surface area (Å²) >= 11 is 0. The van der Waals surface area contributed by atoms with E-state index in [1.165, 1.54) is 6.07 Å². The highest BCUT2D eigenvalue weighted by molar-refractivity contribution is 5.94. The Morgan fingerprint density at radius 2 is 2.18 bits per heavy atom. The van der Waals surface area contributed by atoms with Crippen LogP contribution in [-0.4, -0.2) is 34.9 Å². The second kappa shape index (κ2) is 6.09. The molecule has 1 amide bonds. The average Bonchev–Trinajstić information content (AvgIpc) is 2.96. The zero-order valence-electron chi connectivity index (χ0n) is 11.8. The highest BCUT2D eigenvalue weighted by atomic mass is 19.1. The van der Waals surface area contributed by atoms with Gasteiger partial charge in [-0.3, -0.25) is 9.78 Å².